The van der Waals surface area contributed by atoms with E-state index in [1.165, 1.54) is 6.42 Å². The van der Waals surface area contributed by atoms with Crippen molar-refractivity contribution in [2.24, 2.45) is 0 Å². The Morgan fingerprint density at radius 2 is 1.62 bits per heavy atom. The molecule has 0 radical (unpaired) electrons. The lowest BCUT2D eigenvalue weighted by Gasteiger charge is -2.37. The highest BCUT2D eigenvalue weighted by Crippen LogP contribution is 2.47. The number of carbonyl (C=O) groups is 2. The number of hydrogen-bond acceptors (Lipinski definition) is 7. The minimum absolute atomic E-state index is 0.00776. The van der Waals surface area contributed by atoms with Crippen LogP contribution in [-0.4, -0.2) is 38.3 Å². The predicted molar refractivity (Wildman–Crippen MR) is 153 cm³/mol. The van der Waals surface area contributed by atoms with Crippen LogP contribution in [0.1, 0.15) is 74.8 Å². The number of benzene rings is 2. The Kier molecular flexibility index (Phi) is 8.36. The molecule has 7 heteroatoms. The largest absolute Gasteiger partial charge is 0.493 e. The quantitative estimate of drug-likeness (QED) is 0.307. The van der Waals surface area contributed by atoms with Crippen molar-refractivity contribution in [1.29, 1.82) is 0 Å². The number of Topliss-reactive ketones (excluding diaryl/α,β-unsaturated/α-hetero) is 1. The normalized spacial score (nSPS) is 21.8. The van der Waals surface area contributed by atoms with Crippen molar-refractivity contribution >= 4 is 23.5 Å². The lowest BCUT2D eigenvalue weighted by molar-refractivity contribution is -0.146. The van der Waals surface area contributed by atoms with Gasteiger partial charge in [0.2, 0.25) is 0 Å². The second kappa shape index (κ2) is 11.9. The molecule has 0 bridgehead atoms. The zero-order chi connectivity index (χ0) is 27.5. The Morgan fingerprint density at radius 1 is 0.923 bits per heavy atom. The molecule has 2 aliphatic carbocycles. The molecule has 206 valence electrons. The molecule has 0 unspecified atom stereocenters. The summed E-state index contributed by atoms with van der Waals surface area (Å²) in [4.78, 5) is 28.8. The number of nitrogens with one attached hydrogen (secondary N) is 1. The molecule has 2 aromatic carbocycles. The summed E-state index contributed by atoms with van der Waals surface area (Å²) >= 11 is 1.67. The van der Waals surface area contributed by atoms with Crippen LogP contribution in [0.25, 0.3) is 0 Å². The third kappa shape index (κ3) is 5.60. The van der Waals surface area contributed by atoms with E-state index >= 15 is 0 Å². The highest BCUT2D eigenvalue weighted by atomic mass is 32.2. The fourth-order valence-corrected chi connectivity index (χ4v) is 6.59. The third-order valence-electron chi connectivity index (χ3n) is 8.20. The van der Waals surface area contributed by atoms with Gasteiger partial charge in [-0.3, -0.25) is 4.79 Å². The van der Waals surface area contributed by atoms with E-state index in [-0.39, 0.29) is 23.8 Å². The first-order valence-corrected chi connectivity index (χ1v) is 15.0. The fourth-order valence-electron chi connectivity index (χ4n) is 6.18. The molecule has 0 spiro atoms. The Bertz CT molecular complexity index is 1310. The van der Waals surface area contributed by atoms with Crippen LogP contribution in [-0.2, 0) is 14.3 Å². The number of rotatable bonds is 7. The van der Waals surface area contributed by atoms with Crippen molar-refractivity contribution < 1.29 is 23.8 Å². The van der Waals surface area contributed by atoms with Gasteiger partial charge in [0.1, 0.15) is 6.10 Å². The lowest BCUT2D eigenvalue weighted by atomic mass is 9.71. The van der Waals surface area contributed by atoms with Crippen LogP contribution >= 0.6 is 11.8 Å². The number of thioether (sulfide) groups is 1. The van der Waals surface area contributed by atoms with E-state index in [4.69, 9.17) is 14.2 Å². The Balaban J connectivity index is 1.51. The molecule has 0 saturated heterocycles. The average molecular weight is 548 g/mol. The van der Waals surface area contributed by atoms with Gasteiger partial charge in [0.05, 0.1) is 19.8 Å². The number of ether oxygens (including phenoxy) is 3. The number of esters is 1. The molecule has 1 aliphatic heterocycles. The second-order valence-electron chi connectivity index (χ2n) is 10.6. The van der Waals surface area contributed by atoms with Gasteiger partial charge in [-0.1, -0.05) is 24.6 Å². The number of methoxy groups -OCH3 is 2. The van der Waals surface area contributed by atoms with E-state index in [2.05, 4.69) is 17.4 Å². The average Bonchev–Trinajstić information content (AvgIpc) is 2.96. The minimum atomic E-state index is -0.452. The van der Waals surface area contributed by atoms with E-state index < -0.39 is 5.92 Å². The van der Waals surface area contributed by atoms with Crippen LogP contribution in [0.15, 0.2) is 69.9 Å². The first-order valence-electron chi connectivity index (χ1n) is 13.7. The number of dihydropyridines is 1. The van der Waals surface area contributed by atoms with Crippen LogP contribution in [0.3, 0.4) is 0 Å². The number of ketones is 1. The first kappa shape index (κ1) is 27.4. The van der Waals surface area contributed by atoms with Gasteiger partial charge in [-0.05, 0) is 86.6 Å². The van der Waals surface area contributed by atoms with Crippen molar-refractivity contribution in [3.05, 3.63) is 76.1 Å². The molecule has 0 aromatic heterocycles. The second-order valence-corrected chi connectivity index (χ2v) is 11.4. The molecule has 1 fully saturated rings. The summed E-state index contributed by atoms with van der Waals surface area (Å²) in [5.41, 5.74) is 4.85. The Labute approximate surface area is 235 Å². The van der Waals surface area contributed by atoms with Crippen molar-refractivity contribution in [3.63, 3.8) is 0 Å². The van der Waals surface area contributed by atoms with Crippen LogP contribution < -0.4 is 14.8 Å². The summed E-state index contributed by atoms with van der Waals surface area (Å²) in [5.74, 6) is 0.589. The monoisotopic (exact) mass is 547 g/mol. The van der Waals surface area contributed by atoms with Gasteiger partial charge in [-0.15, -0.1) is 11.8 Å². The van der Waals surface area contributed by atoms with Crippen molar-refractivity contribution in [1.82, 2.24) is 5.32 Å². The first-order chi connectivity index (χ1) is 18.9. The molecule has 3 aliphatic rings. The summed E-state index contributed by atoms with van der Waals surface area (Å²) in [7, 11) is 3.23. The van der Waals surface area contributed by atoms with Gasteiger partial charge in [0.25, 0.3) is 0 Å². The van der Waals surface area contributed by atoms with Crippen LogP contribution in [0, 0.1) is 0 Å². The standard InChI is InChI=1S/C32H37NO5S/c1-19-29(32(35)38-23-8-6-5-7-9-23)30(20-10-13-24(39-4)14-11-20)31-25(33-19)16-22(17-26(31)34)21-12-15-27(36-2)28(18-21)37-3/h10-15,18,22-23,30,33H,5-9,16-17H2,1-4H3/t22-,30+/m1/s1. The number of hydrogen-bond donors (Lipinski definition) is 1. The van der Waals surface area contributed by atoms with Crippen LogP contribution in [0.2, 0.25) is 0 Å². The molecule has 0 amide bonds. The summed E-state index contributed by atoms with van der Waals surface area (Å²) < 4.78 is 17.0. The lowest BCUT2D eigenvalue weighted by Crippen LogP contribution is -2.37. The molecule has 1 saturated carbocycles. The molecule has 39 heavy (non-hydrogen) atoms. The SMILES string of the molecule is COc1ccc([C@H]2CC(=O)C3=C(C2)NC(C)=C(C(=O)OC2CCCCC2)[C@@H]3c2ccc(SC)cc2)cc1OC. The zero-order valence-electron chi connectivity index (χ0n) is 23.2. The van der Waals surface area contributed by atoms with E-state index in [0.29, 0.717) is 35.5 Å². The van der Waals surface area contributed by atoms with Gasteiger partial charge in [0.15, 0.2) is 17.3 Å². The molecule has 2 aromatic rings. The molecule has 5 rings (SSSR count). The third-order valence-corrected chi connectivity index (χ3v) is 8.95. The maximum absolute atomic E-state index is 13.9. The highest BCUT2D eigenvalue weighted by Gasteiger charge is 2.42. The van der Waals surface area contributed by atoms with Crippen LogP contribution in [0.4, 0.5) is 0 Å². The topological polar surface area (TPSA) is 73.9 Å². The van der Waals surface area contributed by atoms with Gasteiger partial charge < -0.3 is 19.5 Å². The smallest absolute Gasteiger partial charge is 0.337 e. The summed E-state index contributed by atoms with van der Waals surface area (Å²) in [6.45, 7) is 1.93. The van der Waals surface area contributed by atoms with Crippen molar-refractivity contribution in [3.8, 4) is 11.5 Å². The molecular weight excluding hydrogens is 510 g/mol. The molecule has 2 atom stereocenters. The molecule has 6 nitrogen and oxygen atoms in total. The van der Waals surface area contributed by atoms with Crippen molar-refractivity contribution in [2.75, 3.05) is 20.5 Å². The van der Waals surface area contributed by atoms with Crippen LogP contribution in [0.5, 0.6) is 11.5 Å². The highest BCUT2D eigenvalue weighted by molar-refractivity contribution is 7.98. The van der Waals surface area contributed by atoms with Gasteiger partial charge in [0, 0.05) is 34.2 Å². The molecular formula is C32H37NO5S. The van der Waals surface area contributed by atoms with E-state index in [9.17, 15) is 9.59 Å². The van der Waals surface area contributed by atoms with E-state index in [1.807, 2.05) is 43.5 Å². The van der Waals surface area contributed by atoms with E-state index in [1.54, 1.807) is 26.0 Å². The maximum Gasteiger partial charge on any atom is 0.337 e. The minimum Gasteiger partial charge on any atom is -0.493 e. The summed E-state index contributed by atoms with van der Waals surface area (Å²) in [5, 5.41) is 3.47. The summed E-state index contributed by atoms with van der Waals surface area (Å²) in [6.07, 6.45) is 8.16. The van der Waals surface area contributed by atoms with Gasteiger partial charge >= 0.3 is 5.97 Å². The maximum atomic E-state index is 13.9. The zero-order valence-corrected chi connectivity index (χ0v) is 24.0. The van der Waals surface area contributed by atoms with Gasteiger partial charge in [-0.2, -0.15) is 0 Å². The van der Waals surface area contributed by atoms with E-state index in [0.717, 1.165) is 53.1 Å². The number of carbonyl (C=O) groups excluding carboxylic acids is 2. The Hall–Kier alpha value is -3.19. The Morgan fingerprint density at radius 3 is 2.28 bits per heavy atom. The van der Waals surface area contributed by atoms with Crippen molar-refractivity contribution in [2.45, 2.75) is 74.7 Å². The number of allylic oxidation sites excluding steroid dienone is 3. The molecule has 1 heterocycles. The summed E-state index contributed by atoms with van der Waals surface area (Å²) in [6, 6.07) is 14.0. The van der Waals surface area contributed by atoms with Gasteiger partial charge in [-0.25, -0.2) is 4.79 Å². The predicted octanol–water partition coefficient (Wildman–Crippen LogP) is 6.66. The fraction of sp³-hybridized carbons (Fsp3) is 0.438. The molecule has 1 N–H and O–H groups in total.